The number of ether oxygens (including phenoxy) is 2. The zero-order chi connectivity index (χ0) is 20.2. The number of ketones is 1. The van der Waals surface area contributed by atoms with Crippen molar-refractivity contribution in [1.82, 2.24) is 5.32 Å². The average Bonchev–Trinajstić information content (AvgIpc) is 2.67. The molecule has 0 saturated heterocycles. The van der Waals surface area contributed by atoms with Crippen LogP contribution in [-0.4, -0.2) is 31.6 Å². The molecule has 5 heteroatoms. The summed E-state index contributed by atoms with van der Waals surface area (Å²) in [4.78, 5) is 24.4. The highest BCUT2D eigenvalue weighted by atomic mass is 16.7. The molecule has 27 heavy (non-hydrogen) atoms. The Morgan fingerprint density at radius 3 is 2.44 bits per heavy atom. The summed E-state index contributed by atoms with van der Waals surface area (Å²) in [5.74, 6) is 0.340. The van der Waals surface area contributed by atoms with Gasteiger partial charge >= 0.3 is 0 Å². The molecular formula is C22H31NO4. The zero-order valence-corrected chi connectivity index (χ0v) is 16.6. The van der Waals surface area contributed by atoms with Gasteiger partial charge in [0.1, 0.15) is 5.75 Å². The molecule has 148 valence electrons. The van der Waals surface area contributed by atoms with Crippen LogP contribution in [0, 0.1) is 5.92 Å². The van der Waals surface area contributed by atoms with Crippen LogP contribution in [0.1, 0.15) is 38.7 Å². The monoisotopic (exact) mass is 373 g/mol. The van der Waals surface area contributed by atoms with Crippen LogP contribution in [0.4, 0.5) is 0 Å². The molecule has 1 amide bonds. The molecule has 2 unspecified atom stereocenters. The van der Waals surface area contributed by atoms with E-state index in [0.29, 0.717) is 25.0 Å². The van der Waals surface area contributed by atoms with Gasteiger partial charge in [0.25, 0.3) is 0 Å². The minimum absolute atomic E-state index is 0.00119. The summed E-state index contributed by atoms with van der Waals surface area (Å²) >= 11 is 0. The molecule has 1 rings (SSSR count). The van der Waals surface area contributed by atoms with E-state index < -0.39 is 6.04 Å². The van der Waals surface area contributed by atoms with Gasteiger partial charge in [-0.05, 0) is 37.0 Å². The number of methoxy groups -OCH3 is 1. The van der Waals surface area contributed by atoms with E-state index in [4.69, 9.17) is 9.47 Å². The van der Waals surface area contributed by atoms with E-state index in [-0.39, 0.29) is 24.4 Å². The maximum Gasteiger partial charge on any atom is 0.217 e. The lowest BCUT2D eigenvalue weighted by Gasteiger charge is -2.25. The van der Waals surface area contributed by atoms with Crippen LogP contribution in [0.2, 0.25) is 0 Å². The quantitative estimate of drug-likeness (QED) is 0.421. The van der Waals surface area contributed by atoms with Gasteiger partial charge in [0, 0.05) is 26.4 Å². The van der Waals surface area contributed by atoms with Crippen LogP contribution >= 0.6 is 0 Å². The molecule has 0 aliphatic carbocycles. The van der Waals surface area contributed by atoms with Crippen LogP contribution in [0.25, 0.3) is 0 Å². The standard InChI is InChI=1S/C22H31NO4/c1-6-16(3)14-19(7-2)22(23-17(4)24)21(25)13-10-18-8-11-20(12-9-18)27-15-26-5/h7-9,11-12,19,22H,2-3,6,10,13-15H2,1,4-5H3,(H,23,24). The number of carbonyl (C=O) groups is 2. The van der Waals surface area contributed by atoms with Crippen LogP contribution in [-0.2, 0) is 20.7 Å². The lowest BCUT2D eigenvalue weighted by molar-refractivity contribution is -0.127. The largest absolute Gasteiger partial charge is 0.468 e. The summed E-state index contributed by atoms with van der Waals surface area (Å²) in [5, 5.41) is 2.79. The summed E-state index contributed by atoms with van der Waals surface area (Å²) in [6, 6.07) is 6.97. The van der Waals surface area contributed by atoms with Crippen molar-refractivity contribution < 1.29 is 19.1 Å². The molecule has 1 aromatic rings. The molecule has 2 atom stereocenters. The zero-order valence-electron chi connectivity index (χ0n) is 16.6. The van der Waals surface area contributed by atoms with E-state index in [0.717, 1.165) is 17.6 Å². The van der Waals surface area contributed by atoms with Gasteiger partial charge < -0.3 is 14.8 Å². The molecule has 0 aliphatic heterocycles. The molecule has 0 radical (unpaired) electrons. The highest BCUT2D eigenvalue weighted by Gasteiger charge is 2.26. The van der Waals surface area contributed by atoms with Crippen molar-refractivity contribution in [3.8, 4) is 5.75 Å². The van der Waals surface area contributed by atoms with Gasteiger partial charge in [0.2, 0.25) is 5.91 Å². The normalized spacial score (nSPS) is 12.7. The maximum atomic E-state index is 12.8. The van der Waals surface area contributed by atoms with Crippen LogP contribution in [0.5, 0.6) is 5.75 Å². The average molecular weight is 373 g/mol. The maximum absolute atomic E-state index is 12.8. The molecule has 0 fully saturated rings. The lowest BCUT2D eigenvalue weighted by Crippen LogP contribution is -2.44. The van der Waals surface area contributed by atoms with E-state index in [2.05, 4.69) is 18.5 Å². The first-order valence-electron chi connectivity index (χ1n) is 9.20. The highest BCUT2D eigenvalue weighted by Crippen LogP contribution is 2.20. The molecule has 0 saturated carbocycles. The van der Waals surface area contributed by atoms with Crippen LogP contribution in [0.15, 0.2) is 49.1 Å². The Morgan fingerprint density at radius 2 is 1.93 bits per heavy atom. The minimum atomic E-state index is -0.576. The summed E-state index contributed by atoms with van der Waals surface area (Å²) in [6.07, 6.45) is 4.15. The summed E-state index contributed by atoms with van der Waals surface area (Å²) in [7, 11) is 1.57. The third-order valence-electron chi connectivity index (χ3n) is 4.39. The van der Waals surface area contributed by atoms with Gasteiger partial charge in [-0.25, -0.2) is 0 Å². The van der Waals surface area contributed by atoms with Gasteiger partial charge in [-0.2, -0.15) is 0 Å². The van der Waals surface area contributed by atoms with E-state index in [9.17, 15) is 9.59 Å². The van der Waals surface area contributed by atoms with Gasteiger partial charge in [0.15, 0.2) is 12.6 Å². The van der Waals surface area contributed by atoms with E-state index in [1.165, 1.54) is 6.92 Å². The van der Waals surface area contributed by atoms with Crippen LogP contribution < -0.4 is 10.1 Å². The van der Waals surface area contributed by atoms with Crippen molar-refractivity contribution in [3.63, 3.8) is 0 Å². The Balaban J connectivity index is 2.73. The number of hydrogen-bond donors (Lipinski definition) is 1. The van der Waals surface area contributed by atoms with E-state index in [1.807, 2.05) is 31.2 Å². The second-order valence-corrected chi connectivity index (χ2v) is 6.55. The molecule has 1 N–H and O–H groups in total. The fraction of sp³-hybridized carbons (Fsp3) is 0.455. The number of hydrogen-bond acceptors (Lipinski definition) is 4. The summed E-state index contributed by atoms with van der Waals surface area (Å²) < 4.78 is 10.2. The third-order valence-corrected chi connectivity index (χ3v) is 4.39. The number of aryl methyl sites for hydroxylation is 1. The molecule has 0 spiro atoms. The van der Waals surface area contributed by atoms with Gasteiger partial charge in [-0.1, -0.05) is 37.3 Å². The number of allylic oxidation sites excluding steroid dienone is 1. The van der Waals surface area contributed by atoms with Crippen molar-refractivity contribution in [2.45, 2.75) is 45.6 Å². The van der Waals surface area contributed by atoms with Crippen molar-refractivity contribution >= 4 is 11.7 Å². The molecular weight excluding hydrogens is 342 g/mol. The number of nitrogens with one attached hydrogen (secondary N) is 1. The second kappa shape index (κ2) is 12.1. The highest BCUT2D eigenvalue weighted by molar-refractivity contribution is 5.89. The fourth-order valence-electron chi connectivity index (χ4n) is 2.76. The molecule has 5 nitrogen and oxygen atoms in total. The Kier molecular flexibility index (Phi) is 10.1. The number of rotatable bonds is 13. The van der Waals surface area contributed by atoms with E-state index in [1.54, 1.807) is 13.2 Å². The fourth-order valence-corrected chi connectivity index (χ4v) is 2.76. The molecule has 0 heterocycles. The number of carbonyl (C=O) groups excluding carboxylic acids is 2. The Bertz CT molecular complexity index is 636. The Morgan fingerprint density at radius 1 is 1.26 bits per heavy atom. The predicted molar refractivity (Wildman–Crippen MR) is 108 cm³/mol. The molecule has 0 aromatic heterocycles. The van der Waals surface area contributed by atoms with Crippen molar-refractivity contribution in [1.29, 1.82) is 0 Å². The van der Waals surface area contributed by atoms with Gasteiger partial charge in [-0.3, -0.25) is 9.59 Å². The van der Waals surface area contributed by atoms with Crippen molar-refractivity contribution in [2.24, 2.45) is 5.92 Å². The summed E-state index contributed by atoms with van der Waals surface area (Å²) in [5.41, 5.74) is 2.07. The Labute approximate surface area is 162 Å². The molecule has 0 bridgehead atoms. The van der Waals surface area contributed by atoms with Crippen molar-refractivity contribution in [2.75, 3.05) is 13.9 Å². The minimum Gasteiger partial charge on any atom is -0.468 e. The number of Topliss-reactive ketones (excluding diaryl/α,β-unsaturated/α-hetero) is 1. The predicted octanol–water partition coefficient (Wildman–Crippen LogP) is 3.83. The third kappa shape index (κ3) is 8.22. The SMILES string of the molecule is C=CC(CC(=C)CC)C(NC(C)=O)C(=O)CCc1ccc(OCOC)cc1. The Hall–Kier alpha value is -2.40. The summed E-state index contributed by atoms with van der Waals surface area (Å²) in [6.45, 7) is 11.5. The van der Waals surface area contributed by atoms with Crippen LogP contribution in [0.3, 0.4) is 0 Å². The first-order valence-corrected chi connectivity index (χ1v) is 9.20. The van der Waals surface area contributed by atoms with Gasteiger partial charge in [-0.15, -0.1) is 6.58 Å². The topological polar surface area (TPSA) is 64.6 Å². The lowest BCUT2D eigenvalue weighted by atomic mass is 9.87. The number of amides is 1. The molecule has 1 aromatic carbocycles. The smallest absolute Gasteiger partial charge is 0.217 e. The first-order chi connectivity index (χ1) is 12.9. The van der Waals surface area contributed by atoms with Crippen molar-refractivity contribution in [3.05, 3.63) is 54.6 Å². The number of benzene rings is 1. The first kappa shape index (κ1) is 22.6. The second-order valence-electron chi connectivity index (χ2n) is 6.55. The molecule has 0 aliphatic rings. The van der Waals surface area contributed by atoms with Gasteiger partial charge in [0.05, 0.1) is 6.04 Å². The van der Waals surface area contributed by atoms with E-state index >= 15 is 0 Å².